The minimum absolute atomic E-state index is 0.257. The van der Waals surface area contributed by atoms with E-state index in [2.05, 4.69) is 327 Å². The molecular weight excluding hydrogens is 1010 g/mol. The van der Waals surface area contributed by atoms with Crippen molar-refractivity contribution in [1.29, 1.82) is 0 Å². The predicted molar refractivity (Wildman–Crippen MR) is 355 cm³/mol. The monoisotopic (exact) mass is 1080 g/mol. The van der Waals surface area contributed by atoms with Crippen LogP contribution in [-0.2, 0) is 17.3 Å². The molecule has 3 aliphatic rings. The van der Waals surface area contributed by atoms with Crippen molar-refractivity contribution in [2.45, 2.75) is 44.4 Å². The van der Waals surface area contributed by atoms with E-state index >= 15 is 0 Å². The first kappa shape index (κ1) is 50.7. The van der Waals surface area contributed by atoms with Crippen molar-refractivity contribution in [1.82, 2.24) is 4.57 Å². The lowest BCUT2D eigenvalue weighted by Crippen LogP contribution is -2.28. The SMILES string of the molecule is C=CC1=C(/C=C\C)C(C)(C)c2cc(N(c3ccc(N(c4ccccc4)c4ccc5ccccc5c4)cc3)c3ccc4c(c3)C(c3ccccc3)(c3ccccc3)c3cc(-c5ccc6c(c5)c5c(n6-c6ccccc6)CCC=C5)ccc3-4)ccc21. The topological polar surface area (TPSA) is 11.4 Å². The second kappa shape index (κ2) is 20.3. The van der Waals surface area contributed by atoms with Crippen LogP contribution in [0.5, 0.6) is 0 Å². The summed E-state index contributed by atoms with van der Waals surface area (Å²) in [5.41, 5.74) is 25.6. The lowest BCUT2D eigenvalue weighted by atomic mass is 9.67. The average Bonchev–Trinajstić information content (AvgIpc) is 1.79. The van der Waals surface area contributed by atoms with Gasteiger partial charge in [0.05, 0.1) is 10.9 Å². The number of aromatic nitrogens is 1. The van der Waals surface area contributed by atoms with E-state index in [-0.39, 0.29) is 5.41 Å². The molecule has 0 N–H and O–H groups in total. The van der Waals surface area contributed by atoms with E-state index in [1.807, 2.05) is 6.08 Å². The highest BCUT2D eigenvalue weighted by Gasteiger charge is 2.47. The highest BCUT2D eigenvalue weighted by atomic mass is 15.2. The number of fused-ring (bicyclic) bond motifs is 8. The number of anilines is 6. The molecule has 15 rings (SSSR count). The molecule has 0 amide bonds. The first-order valence-corrected chi connectivity index (χ1v) is 29.5. The molecule has 1 heterocycles. The van der Waals surface area contributed by atoms with Crippen LogP contribution in [0, 0.1) is 0 Å². The van der Waals surface area contributed by atoms with Gasteiger partial charge >= 0.3 is 0 Å². The zero-order valence-corrected chi connectivity index (χ0v) is 47.7. The molecule has 402 valence electrons. The van der Waals surface area contributed by atoms with Crippen molar-refractivity contribution in [3.05, 3.63) is 342 Å². The molecule has 84 heavy (non-hydrogen) atoms. The third kappa shape index (κ3) is 8.02. The third-order valence-corrected chi connectivity index (χ3v) is 18.2. The van der Waals surface area contributed by atoms with Crippen LogP contribution in [0.15, 0.2) is 297 Å². The Kier molecular flexibility index (Phi) is 12.3. The molecule has 12 aromatic rings. The molecule has 0 spiro atoms. The van der Waals surface area contributed by atoms with Gasteiger partial charge in [-0.25, -0.2) is 0 Å². The lowest BCUT2D eigenvalue weighted by Gasteiger charge is -2.35. The van der Waals surface area contributed by atoms with Gasteiger partial charge in [0.1, 0.15) is 0 Å². The molecule has 11 aromatic carbocycles. The maximum Gasteiger partial charge on any atom is 0.0714 e. The molecular formula is C81H63N3. The molecule has 0 saturated heterocycles. The van der Waals surface area contributed by atoms with Gasteiger partial charge in [-0.2, -0.15) is 0 Å². The first-order valence-electron chi connectivity index (χ1n) is 29.5. The van der Waals surface area contributed by atoms with Crippen LogP contribution in [0.25, 0.3) is 61.3 Å². The van der Waals surface area contributed by atoms with Gasteiger partial charge in [0.25, 0.3) is 0 Å². The van der Waals surface area contributed by atoms with Gasteiger partial charge in [-0.05, 0) is 200 Å². The second-order valence-electron chi connectivity index (χ2n) is 23.1. The maximum atomic E-state index is 4.34. The van der Waals surface area contributed by atoms with Gasteiger partial charge in [-0.3, -0.25) is 0 Å². The van der Waals surface area contributed by atoms with E-state index < -0.39 is 5.41 Å². The molecule has 0 radical (unpaired) electrons. The smallest absolute Gasteiger partial charge is 0.0714 e. The Morgan fingerprint density at radius 3 is 1.64 bits per heavy atom. The summed E-state index contributed by atoms with van der Waals surface area (Å²) in [6.45, 7) is 11.1. The summed E-state index contributed by atoms with van der Waals surface area (Å²) in [6, 6.07) is 97.2. The fourth-order valence-electron chi connectivity index (χ4n) is 14.3. The Bertz CT molecular complexity index is 4600. The minimum atomic E-state index is -0.669. The van der Waals surface area contributed by atoms with Crippen LogP contribution in [-0.4, -0.2) is 4.57 Å². The van der Waals surface area contributed by atoms with Crippen molar-refractivity contribution in [2.75, 3.05) is 9.80 Å². The van der Waals surface area contributed by atoms with Crippen molar-refractivity contribution < 1.29 is 0 Å². The van der Waals surface area contributed by atoms with Crippen LogP contribution in [0.2, 0.25) is 0 Å². The molecule has 0 unspecified atom stereocenters. The number of nitrogens with zero attached hydrogens (tertiary/aromatic N) is 3. The number of hydrogen-bond donors (Lipinski definition) is 0. The molecule has 3 aliphatic carbocycles. The van der Waals surface area contributed by atoms with Crippen molar-refractivity contribution in [3.8, 4) is 27.9 Å². The highest BCUT2D eigenvalue weighted by Crippen LogP contribution is 2.59. The van der Waals surface area contributed by atoms with Crippen LogP contribution in [0.3, 0.4) is 0 Å². The Morgan fingerprint density at radius 1 is 0.464 bits per heavy atom. The largest absolute Gasteiger partial charge is 0.313 e. The summed E-state index contributed by atoms with van der Waals surface area (Å²) >= 11 is 0. The fourth-order valence-corrected chi connectivity index (χ4v) is 14.3. The number of rotatable bonds is 12. The summed E-state index contributed by atoms with van der Waals surface area (Å²) in [4.78, 5) is 4.84. The van der Waals surface area contributed by atoms with E-state index in [4.69, 9.17) is 0 Å². The number of allylic oxidation sites excluding steroid dienone is 6. The zero-order chi connectivity index (χ0) is 56.5. The van der Waals surface area contributed by atoms with Gasteiger partial charge in [0.15, 0.2) is 0 Å². The zero-order valence-electron chi connectivity index (χ0n) is 47.7. The number of hydrogen-bond acceptors (Lipinski definition) is 2. The van der Waals surface area contributed by atoms with E-state index in [0.29, 0.717) is 0 Å². The standard InChI is InChI=1S/C81H63N3/c1-5-23-74-68(6-2)69-47-44-66(53-75(69)80(74,3)4)83(64-42-40-63(41-43-64)82(61-30-15-9-16-31-61)65-39-36-55-24-19-20-25-56(55)50-65)67-45-48-71-70-46-37-58(52-76(70)81(77(71)54-67,59-26-11-7-12-27-59)60-28-13-8-14-29-60)57-38-49-79-73(51-57)72-34-21-22-35-78(72)84(79)62-32-17-10-18-33-62/h5-21,23-34,36-54H,2,22,35H2,1,3-4H3/b23-5-. The van der Waals surface area contributed by atoms with E-state index in [1.54, 1.807) is 0 Å². The minimum Gasteiger partial charge on any atom is -0.313 e. The highest BCUT2D eigenvalue weighted by molar-refractivity contribution is 5.98. The summed E-state index contributed by atoms with van der Waals surface area (Å²) in [7, 11) is 0. The van der Waals surface area contributed by atoms with Gasteiger partial charge < -0.3 is 14.4 Å². The van der Waals surface area contributed by atoms with E-state index in [0.717, 1.165) is 47.0 Å². The maximum absolute atomic E-state index is 4.34. The summed E-state index contributed by atoms with van der Waals surface area (Å²) in [5, 5.41) is 3.71. The van der Waals surface area contributed by atoms with Crippen molar-refractivity contribution >= 4 is 67.4 Å². The summed E-state index contributed by atoms with van der Waals surface area (Å²) in [5.74, 6) is 0. The summed E-state index contributed by atoms with van der Waals surface area (Å²) in [6.07, 6.45) is 13.2. The normalized spacial score (nSPS) is 14.4. The van der Waals surface area contributed by atoms with Crippen LogP contribution < -0.4 is 9.80 Å². The van der Waals surface area contributed by atoms with E-state index in [9.17, 15) is 0 Å². The molecule has 0 bridgehead atoms. The summed E-state index contributed by atoms with van der Waals surface area (Å²) < 4.78 is 2.48. The molecule has 0 saturated carbocycles. The second-order valence-corrected chi connectivity index (χ2v) is 23.1. The molecule has 0 fully saturated rings. The van der Waals surface area contributed by atoms with Crippen LogP contribution >= 0.6 is 0 Å². The van der Waals surface area contributed by atoms with Gasteiger partial charge in [-0.1, -0.05) is 209 Å². The molecule has 0 atom stereocenters. The Morgan fingerprint density at radius 2 is 0.976 bits per heavy atom. The van der Waals surface area contributed by atoms with Crippen molar-refractivity contribution in [3.63, 3.8) is 0 Å². The third-order valence-electron chi connectivity index (χ3n) is 18.2. The predicted octanol–water partition coefficient (Wildman–Crippen LogP) is 21.5. The molecule has 1 aromatic heterocycles. The van der Waals surface area contributed by atoms with Crippen LogP contribution in [0.4, 0.5) is 34.1 Å². The Labute approximate surface area is 493 Å². The van der Waals surface area contributed by atoms with Gasteiger partial charge in [0.2, 0.25) is 0 Å². The van der Waals surface area contributed by atoms with Gasteiger partial charge in [0, 0.05) is 61.9 Å². The van der Waals surface area contributed by atoms with Gasteiger partial charge in [-0.15, -0.1) is 0 Å². The number of benzene rings is 11. The molecule has 0 aliphatic heterocycles. The van der Waals surface area contributed by atoms with E-state index in [1.165, 1.54) is 105 Å². The fraction of sp³-hybridized carbons (Fsp3) is 0.0864. The van der Waals surface area contributed by atoms with Crippen molar-refractivity contribution in [2.24, 2.45) is 0 Å². The number of para-hydroxylation sites is 2. The molecule has 3 nitrogen and oxygen atoms in total. The average molecular weight is 1080 g/mol. The molecule has 3 heteroatoms. The Hall–Kier alpha value is -10.2. The lowest BCUT2D eigenvalue weighted by molar-refractivity contribution is 0.654. The quantitative estimate of drug-likeness (QED) is 0.121. The van der Waals surface area contributed by atoms with Crippen LogP contribution in [0.1, 0.15) is 71.8 Å². The Balaban J connectivity index is 0.922. The first-order chi connectivity index (χ1) is 41.3.